The quantitative estimate of drug-likeness (QED) is 0.480. The molecule has 0 spiro atoms. The molecule has 5 nitrogen and oxygen atoms in total. The molecule has 0 aromatic rings. The van der Waals surface area contributed by atoms with Gasteiger partial charge >= 0.3 is 11.9 Å². The molecule has 0 aliphatic heterocycles. The average Bonchev–Trinajstić information content (AvgIpc) is 2.22. The highest BCUT2D eigenvalue weighted by Gasteiger charge is 2.13. The van der Waals surface area contributed by atoms with Crippen molar-refractivity contribution >= 4 is 17.7 Å². The van der Waals surface area contributed by atoms with Gasteiger partial charge in [-0.05, 0) is 6.42 Å². The Morgan fingerprint density at radius 1 is 1.19 bits per heavy atom. The fourth-order valence-electron chi connectivity index (χ4n) is 0.840. The SMILES string of the molecule is C=C(CC(=O)COC(C)=O)C(=O)OCCC. The monoisotopic (exact) mass is 228 g/mol. The Hall–Kier alpha value is -1.65. The van der Waals surface area contributed by atoms with E-state index in [9.17, 15) is 14.4 Å². The van der Waals surface area contributed by atoms with Gasteiger partial charge < -0.3 is 9.47 Å². The summed E-state index contributed by atoms with van der Waals surface area (Å²) in [6.07, 6.45) is 0.552. The minimum Gasteiger partial charge on any atom is -0.462 e. The standard InChI is InChI=1S/C11H16O5/c1-4-5-15-11(14)8(2)6-10(13)7-16-9(3)12/h2,4-7H2,1,3H3. The molecule has 0 radical (unpaired) electrons. The van der Waals surface area contributed by atoms with Crippen LogP contribution in [-0.2, 0) is 23.9 Å². The van der Waals surface area contributed by atoms with E-state index in [2.05, 4.69) is 11.3 Å². The van der Waals surface area contributed by atoms with Gasteiger partial charge in [0.25, 0.3) is 0 Å². The maximum Gasteiger partial charge on any atom is 0.333 e. The molecule has 0 saturated heterocycles. The second kappa shape index (κ2) is 7.62. The number of rotatable bonds is 7. The van der Waals surface area contributed by atoms with Gasteiger partial charge in [-0.25, -0.2) is 4.79 Å². The highest BCUT2D eigenvalue weighted by atomic mass is 16.5. The van der Waals surface area contributed by atoms with Gasteiger partial charge in [0.15, 0.2) is 5.78 Å². The zero-order chi connectivity index (χ0) is 12.6. The molecule has 16 heavy (non-hydrogen) atoms. The van der Waals surface area contributed by atoms with Crippen molar-refractivity contribution in [1.82, 2.24) is 0 Å². The Balaban J connectivity index is 3.90. The lowest BCUT2D eigenvalue weighted by atomic mass is 10.1. The van der Waals surface area contributed by atoms with Crippen LogP contribution in [-0.4, -0.2) is 30.9 Å². The third kappa shape index (κ3) is 6.75. The first-order valence-electron chi connectivity index (χ1n) is 4.97. The molecule has 5 heteroatoms. The van der Waals surface area contributed by atoms with Crippen LogP contribution >= 0.6 is 0 Å². The van der Waals surface area contributed by atoms with Gasteiger partial charge in [-0.15, -0.1) is 0 Å². The van der Waals surface area contributed by atoms with E-state index in [1.165, 1.54) is 6.92 Å². The molecule has 0 aromatic carbocycles. The summed E-state index contributed by atoms with van der Waals surface area (Å²) >= 11 is 0. The second-order valence-electron chi connectivity index (χ2n) is 3.24. The van der Waals surface area contributed by atoms with Crippen molar-refractivity contribution in [2.75, 3.05) is 13.2 Å². The molecule has 0 rings (SSSR count). The van der Waals surface area contributed by atoms with Crippen LogP contribution in [0.2, 0.25) is 0 Å². The molecule has 0 fully saturated rings. The molecule has 0 aromatic heterocycles. The summed E-state index contributed by atoms with van der Waals surface area (Å²) < 4.78 is 9.26. The van der Waals surface area contributed by atoms with Gasteiger partial charge in [-0.3, -0.25) is 9.59 Å². The van der Waals surface area contributed by atoms with Crippen LogP contribution in [0.25, 0.3) is 0 Å². The van der Waals surface area contributed by atoms with Crippen LogP contribution in [0.1, 0.15) is 26.7 Å². The number of carbonyl (C=O) groups is 3. The van der Waals surface area contributed by atoms with Crippen molar-refractivity contribution in [3.63, 3.8) is 0 Å². The molecule has 0 atom stereocenters. The average molecular weight is 228 g/mol. The maximum atomic E-state index is 11.2. The van der Waals surface area contributed by atoms with Crippen molar-refractivity contribution in [1.29, 1.82) is 0 Å². The van der Waals surface area contributed by atoms with Crippen molar-refractivity contribution < 1.29 is 23.9 Å². The third-order valence-electron chi connectivity index (χ3n) is 1.57. The molecule has 90 valence electrons. The minimum absolute atomic E-state index is 0.0746. The van der Waals surface area contributed by atoms with Gasteiger partial charge in [0.05, 0.1) is 6.61 Å². The fraction of sp³-hybridized carbons (Fsp3) is 0.545. The van der Waals surface area contributed by atoms with Crippen molar-refractivity contribution in [3.8, 4) is 0 Å². The molecule has 0 heterocycles. The minimum atomic E-state index is -0.585. The van der Waals surface area contributed by atoms with E-state index in [1.807, 2.05) is 6.92 Å². The normalized spacial score (nSPS) is 9.38. The van der Waals surface area contributed by atoms with Crippen LogP contribution in [0.3, 0.4) is 0 Å². The fourth-order valence-corrected chi connectivity index (χ4v) is 0.840. The van der Waals surface area contributed by atoms with E-state index in [-0.39, 0.29) is 24.4 Å². The predicted molar refractivity (Wildman–Crippen MR) is 56.6 cm³/mol. The van der Waals surface area contributed by atoms with Crippen LogP contribution in [0, 0.1) is 0 Å². The van der Waals surface area contributed by atoms with E-state index in [0.29, 0.717) is 13.0 Å². The second-order valence-corrected chi connectivity index (χ2v) is 3.24. The van der Waals surface area contributed by atoms with Gasteiger partial charge in [0.2, 0.25) is 0 Å². The topological polar surface area (TPSA) is 69.7 Å². The summed E-state index contributed by atoms with van der Waals surface area (Å²) in [5.41, 5.74) is 0.0746. The Bertz CT molecular complexity index is 293. The Morgan fingerprint density at radius 2 is 1.81 bits per heavy atom. The van der Waals surface area contributed by atoms with Gasteiger partial charge in [-0.2, -0.15) is 0 Å². The number of Topliss-reactive ketones (excluding diaryl/α,β-unsaturated/α-hetero) is 1. The van der Waals surface area contributed by atoms with E-state index in [1.54, 1.807) is 0 Å². The largest absolute Gasteiger partial charge is 0.462 e. The molecular formula is C11H16O5. The smallest absolute Gasteiger partial charge is 0.333 e. The van der Waals surface area contributed by atoms with E-state index in [4.69, 9.17) is 4.74 Å². The number of hydrogen-bond donors (Lipinski definition) is 0. The highest BCUT2D eigenvalue weighted by molar-refractivity contribution is 5.96. The Labute approximate surface area is 94.4 Å². The van der Waals surface area contributed by atoms with Gasteiger partial charge in [0, 0.05) is 18.9 Å². The number of hydrogen-bond acceptors (Lipinski definition) is 5. The molecule has 0 unspecified atom stereocenters. The predicted octanol–water partition coefficient (Wildman–Crippen LogP) is 1.02. The number of ether oxygens (including phenoxy) is 2. The lowest BCUT2D eigenvalue weighted by Crippen LogP contribution is -2.16. The molecule has 0 saturated carbocycles. The van der Waals surface area contributed by atoms with Crippen LogP contribution < -0.4 is 0 Å². The van der Waals surface area contributed by atoms with Crippen molar-refractivity contribution in [3.05, 3.63) is 12.2 Å². The first-order chi connectivity index (χ1) is 7.47. The summed E-state index contributed by atoms with van der Waals surface area (Å²) in [6, 6.07) is 0. The summed E-state index contributed by atoms with van der Waals surface area (Å²) in [4.78, 5) is 32.8. The van der Waals surface area contributed by atoms with E-state index in [0.717, 1.165) is 0 Å². The summed E-state index contributed by atoms with van der Waals surface area (Å²) in [5.74, 6) is -1.50. The zero-order valence-electron chi connectivity index (χ0n) is 9.58. The lowest BCUT2D eigenvalue weighted by Gasteiger charge is -2.05. The molecule has 0 aliphatic rings. The Kier molecular flexibility index (Phi) is 6.83. The van der Waals surface area contributed by atoms with Gasteiger partial charge in [0.1, 0.15) is 6.61 Å². The highest BCUT2D eigenvalue weighted by Crippen LogP contribution is 2.03. The molecule has 0 amide bonds. The summed E-state index contributed by atoms with van der Waals surface area (Å²) in [7, 11) is 0. The Morgan fingerprint density at radius 3 is 2.31 bits per heavy atom. The molecule has 0 N–H and O–H groups in total. The number of carbonyl (C=O) groups excluding carboxylic acids is 3. The summed E-state index contributed by atoms with van der Waals surface area (Å²) in [6.45, 7) is 6.47. The van der Waals surface area contributed by atoms with Crippen LogP contribution in [0.15, 0.2) is 12.2 Å². The zero-order valence-corrected chi connectivity index (χ0v) is 9.58. The van der Waals surface area contributed by atoms with Crippen LogP contribution in [0.4, 0.5) is 0 Å². The molecule has 0 bridgehead atoms. The third-order valence-corrected chi connectivity index (χ3v) is 1.57. The first-order valence-corrected chi connectivity index (χ1v) is 4.97. The number of esters is 2. The molecule has 0 aliphatic carbocycles. The summed E-state index contributed by atoms with van der Waals surface area (Å²) in [5, 5.41) is 0. The lowest BCUT2D eigenvalue weighted by molar-refractivity contribution is -0.145. The van der Waals surface area contributed by atoms with Crippen molar-refractivity contribution in [2.45, 2.75) is 26.7 Å². The number of ketones is 1. The van der Waals surface area contributed by atoms with E-state index < -0.39 is 11.9 Å². The van der Waals surface area contributed by atoms with Crippen LogP contribution in [0.5, 0.6) is 0 Å². The maximum absolute atomic E-state index is 11.2. The van der Waals surface area contributed by atoms with Gasteiger partial charge in [-0.1, -0.05) is 13.5 Å². The first kappa shape index (κ1) is 14.3. The van der Waals surface area contributed by atoms with Crippen molar-refractivity contribution in [2.24, 2.45) is 0 Å². The van der Waals surface area contributed by atoms with E-state index >= 15 is 0 Å². The molecular weight excluding hydrogens is 212 g/mol.